The maximum Gasteiger partial charge on any atom is 0.352 e. The molecule has 2 amide bonds. The number of hydrogen-bond acceptors (Lipinski definition) is 8. The van der Waals surface area contributed by atoms with Crippen LogP contribution in [0.2, 0.25) is 0 Å². The predicted octanol–water partition coefficient (Wildman–Crippen LogP) is 0.797. The number of thioether (sulfide) groups is 1. The molecule has 160 valence electrons. The van der Waals surface area contributed by atoms with E-state index in [9.17, 15) is 19.5 Å². The Morgan fingerprint density at radius 1 is 1.43 bits per heavy atom. The van der Waals surface area contributed by atoms with E-state index in [2.05, 4.69) is 15.5 Å². The summed E-state index contributed by atoms with van der Waals surface area (Å²) in [4.78, 5) is 47.5. The van der Waals surface area contributed by atoms with Crippen molar-refractivity contribution in [2.24, 2.45) is 11.1 Å². The third kappa shape index (κ3) is 4.40. The molecule has 2 aliphatic rings. The Labute approximate surface area is 177 Å². The minimum atomic E-state index is -1.18. The number of nitrogens with zero attached hydrogens (tertiary/aromatic N) is 3. The minimum Gasteiger partial charge on any atom is -0.477 e. The van der Waals surface area contributed by atoms with E-state index in [1.54, 1.807) is 18.2 Å². The number of carbonyl (C=O) groups is 3. The number of carboxylic acid groups (broad SMARTS) is 1. The number of aliphatic carboxylic acids is 1. The Morgan fingerprint density at radius 2 is 2.17 bits per heavy atom. The van der Waals surface area contributed by atoms with Gasteiger partial charge in [-0.25, -0.2) is 9.78 Å². The van der Waals surface area contributed by atoms with Crippen LogP contribution in [-0.4, -0.2) is 61.8 Å². The third-order valence-electron chi connectivity index (χ3n) is 4.35. The number of pyridine rings is 1. The van der Waals surface area contributed by atoms with Gasteiger partial charge in [-0.2, -0.15) is 0 Å². The van der Waals surface area contributed by atoms with Crippen LogP contribution in [0.25, 0.3) is 0 Å². The molecule has 1 fully saturated rings. The van der Waals surface area contributed by atoms with Gasteiger partial charge in [-0.3, -0.25) is 14.5 Å². The molecule has 2 aliphatic heterocycles. The predicted molar refractivity (Wildman–Crippen MR) is 111 cm³/mol. The molecular weight excluding hydrogens is 410 g/mol. The van der Waals surface area contributed by atoms with Crippen molar-refractivity contribution in [1.82, 2.24) is 15.2 Å². The third-order valence-corrected chi connectivity index (χ3v) is 5.67. The number of nitrogens with two attached hydrogens (primary N) is 1. The van der Waals surface area contributed by atoms with Crippen molar-refractivity contribution in [1.29, 1.82) is 0 Å². The molecule has 0 aliphatic carbocycles. The normalized spacial score (nSPS) is 23.4. The van der Waals surface area contributed by atoms with Crippen LogP contribution in [0, 0.1) is 5.92 Å². The fourth-order valence-electron chi connectivity index (χ4n) is 2.98. The molecule has 1 saturated heterocycles. The average molecular weight is 433 g/mol. The topological polar surface area (TPSA) is 147 Å². The summed E-state index contributed by atoms with van der Waals surface area (Å²) in [5, 5.41) is 15.3. The van der Waals surface area contributed by atoms with E-state index in [1.807, 2.05) is 20.8 Å². The fourth-order valence-corrected chi connectivity index (χ4v) is 4.31. The number of nitrogens with one attached hydrogen (secondary N) is 1. The first-order valence-electron chi connectivity index (χ1n) is 9.36. The number of oxime groups is 1. The van der Waals surface area contributed by atoms with Crippen LogP contribution in [0.15, 0.2) is 35.1 Å². The van der Waals surface area contributed by atoms with Crippen LogP contribution in [0.1, 0.15) is 26.5 Å². The molecule has 30 heavy (non-hydrogen) atoms. The number of carbonyl (C=O) groups excluding carboxylic acids is 2. The maximum atomic E-state index is 12.9. The molecule has 11 heteroatoms. The van der Waals surface area contributed by atoms with E-state index in [4.69, 9.17) is 10.6 Å². The Morgan fingerprint density at radius 3 is 2.80 bits per heavy atom. The van der Waals surface area contributed by atoms with E-state index in [0.29, 0.717) is 0 Å². The number of fused-ring (bicyclic) bond motifs is 1. The highest BCUT2D eigenvalue weighted by Crippen LogP contribution is 2.40. The molecule has 3 atom stereocenters. The molecule has 0 saturated carbocycles. The van der Waals surface area contributed by atoms with Gasteiger partial charge in [0, 0.05) is 5.25 Å². The Hall–Kier alpha value is -3.08. The summed E-state index contributed by atoms with van der Waals surface area (Å²) in [6, 6.07) is 3.87. The van der Waals surface area contributed by atoms with Gasteiger partial charge in [0.25, 0.3) is 11.8 Å². The molecule has 2 unspecified atom stereocenters. The zero-order valence-corrected chi connectivity index (χ0v) is 17.5. The smallest absolute Gasteiger partial charge is 0.352 e. The Kier molecular flexibility index (Phi) is 6.30. The summed E-state index contributed by atoms with van der Waals surface area (Å²) >= 11 is 1.39. The number of anilines is 1. The van der Waals surface area contributed by atoms with Crippen molar-refractivity contribution in [3.05, 3.63) is 35.7 Å². The molecular formula is C19H23N5O5S. The number of hydrogen-bond donors (Lipinski definition) is 3. The summed E-state index contributed by atoms with van der Waals surface area (Å²) < 4.78 is 0. The Bertz CT molecular complexity index is 932. The van der Waals surface area contributed by atoms with Crippen molar-refractivity contribution in [3.8, 4) is 0 Å². The van der Waals surface area contributed by atoms with Gasteiger partial charge in [-0.1, -0.05) is 25.1 Å². The lowest BCUT2D eigenvalue weighted by Gasteiger charge is -2.49. The van der Waals surface area contributed by atoms with E-state index in [-0.39, 0.29) is 40.7 Å². The highest BCUT2D eigenvalue weighted by atomic mass is 32.2. The number of aromatic nitrogens is 1. The van der Waals surface area contributed by atoms with Crippen molar-refractivity contribution >= 4 is 41.1 Å². The number of nitrogen functional groups attached to an aromatic ring is 1. The lowest BCUT2D eigenvalue weighted by molar-refractivity contribution is -0.150. The summed E-state index contributed by atoms with van der Waals surface area (Å²) in [6.45, 7) is 5.99. The number of carboxylic acids is 1. The van der Waals surface area contributed by atoms with Gasteiger partial charge < -0.3 is 21.0 Å². The lowest BCUT2D eigenvalue weighted by Crippen LogP contribution is -2.71. The highest BCUT2D eigenvalue weighted by Gasteiger charge is 2.54. The van der Waals surface area contributed by atoms with Gasteiger partial charge in [-0.05, 0) is 31.1 Å². The molecule has 1 aromatic heterocycles. The van der Waals surface area contributed by atoms with Crippen LogP contribution in [0.5, 0.6) is 0 Å². The average Bonchev–Trinajstić information content (AvgIpc) is 2.68. The van der Waals surface area contributed by atoms with Gasteiger partial charge >= 0.3 is 5.97 Å². The second kappa shape index (κ2) is 8.74. The molecule has 0 aromatic carbocycles. The van der Waals surface area contributed by atoms with Crippen molar-refractivity contribution in [2.45, 2.75) is 37.4 Å². The first-order valence-corrected chi connectivity index (χ1v) is 10.3. The molecule has 3 heterocycles. The largest absolute Gasteiger partial charge is 0.477 e. The quantitative estimate of drug-likeness (QED) is 0.325. The molecule has 0 spiro atoms. The van der Waals surface area contributed by atoms with Crippen LogP contribution in [0.4, 0.5) is 5.82 Å². The second-order valence-corrected chi connectivity index (χ2v) is 8.82. The van der Waals surface area contributed by atoms with Crippen LogP contribution < -0.4 is 11.1 Å². The van der Waals surface area contributed by atoms with Gasteiger partial charge in [0.15, 0.2) is 5.71 Å². The molecule has 4 N–H and O–H groups in total. The highest BCUT2D eigenvalue weighted by molar-refractivity contribution is 8.00. The van der Waals surface area contributed by atoms with E-state index in [1.165, 1.54) is 22.7 Å². The van der Waals surface area contributed by atoms with Gasteiger partial charge in [0.1, 0.15) is 35.2 Å². The molecule has 10 nitrogen and oxygen atoms in total. The van der Waals surface area contributed by atoms with E-state index < -0.39 is 29.2 Å². The zero-order valence-electron chi connectivity index (χ0n) is 16.7. The van der Waals surface area contributed by atoms with E-state index >= 15 is 0 Å². The molecule has 0 bridgehead atoms. The Balaban J connectivity index is 1.80. The molecule has 0 radical (unpaired) electrons. The monoisotopic (exact) mass is 433 g/mol. The summed E-state index contributed by atoms with van der Waals surface area (Å²) in [6.07, 6.45) is 1.52. The van der Waals surface area contributed by atoms with Crippen molar-refractivity contribution in [2.75, 3.05) is 12.3 Å². The van der Waals surface area contributed by atoms with Crippen LogP contribution >= 0.6 is 11.8 Å². The first kappa shape index (κ1) is 21.6. The summed E-state index contributed by atoms with van der Waals surface area (Å²) in [7, 11) is 0. The lowest BCUT2D eigenvalue weighted by atomic mass is 10.0. The number of β-lactam (4-membered cyclic amide) rings is 1. The second-order valence-electron chi connectivity index (χ2n) is 7.33. The maximum absolute atomic E-state index is 12.9. The SMILES string of the molecule is CC(C)CON=C(C(=O)NC1C(=O)N2C(C(=O)O)=CC(C)S[C@@H]12)c1cccc(N)n1. The van der Waals surface area contributed by atoms with Crippen molar-refractivity contribution in [3.63, 3.8) is 0 Å². The number of amides is 2. The van der Waals surface area contributed by atoms with Crippen molar-refractivity contribution < 1.29 is 24.3 Å². The summed E-state index contributed by atoms with van der Waals surface area (Å²) in [5.74, 6) is -1.94. The van der Waals surface area contributed by atoms with Gasteiger partial charge in [0.2, 0.25) is 0 Å². The first-order chi connectivity index (χ1) is 14.2. The zero-order chi connectivity index (χ0) is 22.0. The fraction of sp³-hybridized carbons (Fsp3) is 0.421. The minimum absolute atomic E-state index is 0.0756. The van der Waals surface area contributed by atoms with Crippen LogP contribution in [0.3, 0.4) is 0 Å². The van der Waals surface area contributed by atoms with Gasteiger partial charge in [0.05, 0.1) is 0 Å². The summed E-state index contributed by atoms with van der Waals surface area (Å²) in [5.41, 5.74) is 5.73. The molecule has 3 rings (SSSR count). The van der Waals surface area contributed by atoms with Gasteiger partial charge in [-0.15, -0.1) is 11.8 Å². The number of rotatable bonds is 7. The molecule has 1 aromatic rings. The standard InChI is InChI=1S/C19H23N5O5S/c1-9(2)8-29-23-14(11-5-4-6-13(20)21-11)16(25)22-15-17(26)24-12(19(27)28)7-10(3)30-18(15)24/h4-7,9-10,15,18H,8H2,1-3H3,(H2,20,21)(H,22,25)(H,27,28)/t10?,15?,18-/m0/s1. The van der Waals surface area contributed by atoms with E-state index in [0.717, 1.165) is 0 Å². The van der Waals surface area contributed by atoms with Crippen LogP contribution in [-0.2, 0) is 19.2 Å².